The van der Waals surface area contributed by atoms with Crippen LogP contribution in [0.25, 0.3) is 0 Å². The smallest absolute Gasteiger partial charge is 0.321 e. The third-order valence-electron chi connectivity index (χ3n) is 5.17. The minimum Gasteiger partial charge on any atom is -0.466 e. The molecule has 0 amide bonds. The summed E-state index contributed by atoms with van der Waals surface area (Å²) in [7, 11) is 0. The summed E-state index contributed by atoms with van der Waals surface area (Å²) in [5.74, 6) is -2.71. The van der Waals surface area contributed by atoms with Crippen molar-refractivity contribution in [1.29, 1.82) is 0 Å². The first-order valence-electron chi connectivity index (χ1n) is 9.33. The van der Waals surface area contributed by atoms with Gasteiger partial charge in [0.2, 0.25) is 0 Å². The van der Waals surface area contributed by atoms with Gasteiger partial charge >= 0.3 is 11.9 Å². The molecule has 0 bridgehead atoms. The fraction of sp³-hybridized carbons (Fsp3) is 0.364. The standard InChI is InChI=1S/C22H22F2O4/c1-3-27-20(25)17-10-11-22(21(26)28-4-2,14-6-5-7-15(23)12-14)19-9-8-16(24)13-18(17)19/h5-9,12-13,17H,3-4,10-11H2,1-2H3/t17-,22?/m1/s1. The Hall–Kier alpha value is -2.76. The van der Waals surface area contributed by atoms with Gasteiger partial charge in [-0.2, -0.15) is 0 Å². The lowest BCUT2D eigenvalue weighted by Gasteiger charge is -2.39. The van der Waals surface area contributed by atoms with E-state index in [0.717, 1.165) is 0 Å². The number of hydrogen-bond donors (Lipinski definition) is 0. The maximum absolute atomic E-state index is 14.1. The molecule has 0 heterocycles. The molecule has 0 N–H and O–H groups in total. The fourth-order valence-corrected chi connectivity index (χ4v) is 3.99. The van der Waals surface area contributed by atoms with Gasteiger partial charge in [-0.1, -0.05) is 18.2 Å². The average molecular weight is 388 g/mol. The third-order valence-corrected chi connectivity index (χ3v) is 5.17. The topological polar surface area (TPSA) is 52.6 Å². The quantitative estimate of drug-likeness (QED) is 0.719. The predicted molar refractivity (Wildman–Crippen MR) is 98.8 cm³/mol. The molecule has 148 valence electrons. The van der Waals surface area contributed by atoms with E-state index in [1.807, 2.05) is 0 Å². The molecule has 0 saturated heterocycles. The highest BCUT2D eigenvalue weighted by atomic mass is 19.1. The summed E-state index contributed by atoms with van der Waals surface area (Å²) in [6.07, 6.45) is 0.474. The van der Waals surface area contributed by atoms with E-state index in [-0.39, 0.29) is 26.1 Å². The van der Waals surface area contributed by atoms with Gasteiger partial charge in [-0.3, -0.25) is 9.59 Å². The number of halogens is 2. The Balaban J connectivity index is 2.24. The van der Waals surface area contributed by atoms with E-state index in [9.17, 15) is 18.4 Å². The van der Waals surface area contributed by atoms with Crippen LogP contribution in [0.3, 0.4) is 0 Å². The Labute approximate surface area is 162 Å². The lowest BCUT2D eigenvalue weighted by Crippen LogP contribution is -2.43. The van der Waals surface area contributed by atoms with E-state index in [1.165, 1.54) is 36.4 Å². The van der Waals surface area contributed by atoms with Crippen LogP contribution >= 0.6 is 0 Å². The van der Waals surface area contributed by atoms with Gasteiger partial charge in [-0.15, -0.1) is 0 Å². The van der Waals surface area contributed by atoms with Gasteiger partial charge in [0.25, 0.3) is 0 Å². The third kappa shape index (κ3) is 3.39. The zero-order valence-electron chi connectivity index (χ0n) is 15.8. The van der Waals surface area contributed by atoms with Crippen LogP contribution in [-0.2, 0) is 24.5 Å². The molecular weight excluding hydrogens is 366 g/mol. The van der Waals surface area contributed by atoms with E-state index >= 15 is 0 Å². The second-order valence-electron chi connectivity index (χ2n) is 6.71. The zero-order chi connectivity index (χ0) is 20.3. The van der Waals surface area contributed by atoms with Crippen LogP contribution in [0.4, 0.5) is 8.78 Å². The van der Waals surface area contributed by atoms with Gasteiger partial charge in [0.05, 0.1) is 19.1 Å². The lowest BCUT2D eigenvalue weighted by molar-refractivity contribution is -0.151. The molecule has 3 rings (SSSR count). The molecule has 0 saturated carbocycles. The molecular formula is C22H22F2O4. The molecule has 1 aliphatic rings. The van der Waals surface area contributed by atoms with Crippen molar-refractivity contribution in [2.75, 3.05) is 13.2 Å². The molecule has 28 heavy (non-hydrogen) atoms. The monoisotopic (exact) mass is 388 g/mol. The molecule has 1 aliphatic carbocycles. The van der Waals surface area contributed by atoms with Crippen molar-refractivity contribution in [3.8, 4) is 0 Å². The van der Waals surface area contributed by atoms with Gasteiger partial charge in [0.15, 0.2) is 0 Å². The van der Waals surface area contributed by atoms with Crippen LogP contribution in [0, 0.1) is 11.6 Å². The predicted octanol–water partition coefficient (Wildman–Crippen LogP) is 4.25. The Morgan fingerprint density at radius 3 is 2.43 bits per heavy atom. The molecule has 0 aromatic heterocycles. The first-order chi connectivity index (χ1) is 13.4. The number of esters is 2. The zero-order valence-corrected chi connectivity index (χ0v) is 15.8. The van der Waals surface area contributed by atoms with Crippen molar-refractivity contribution in [3.05, 3.63) is 70.8 Å². The van der Waals surface area contributed by atoms with Gasteiger partial charge in [0, 0.05) is 0 Å². The molecule has 2 aromatic carbocycles. The van der Waals surface area contributed by atoms with Crippen molar-refractivity contribution in [2.45, 2.75) is 38.0 Å². The Morgan fingerprint density at radius 2 is 1.75 bits per heavy atom. The maximum Gasteiger partial charge on any atom is 0.321 e. The Morgan fingerprint density at radius 1 is 1.04 bits per heavy atom. The van der Waals surface area contributed by atoms with Gasteiger partial charge in [0.1, 0.15) is 17.0 Å². The van der Waals surface area contributed by atoms with Crippen molar-refractivity contribution >= 4 is 11.9 Å². The lowest BCUT2D eigenvalue weighted by atomic mass is 9.63. The molecule has 0 fully saturated rings. The summed E-state index contributed by atoms with van der Waals surface area (Å²) >= 11 is 0. The second kappa shape index (κ2) is 8.09. The normalized spacial score (nSPS) is 20.9. The number of hydrogen-bond acceptors (Lipinski definition) is 4. The van der Waals surface area contributed by atoms with Crippen LogP contribution in [0.15, 0.2) is 42.5 Å². The highest BCUT2D eigenvalue weighted by Crippen LogP contribution is 2.48. The van der Waals surface area contributed by atoms with Crippen LogP contribution in [0.5, 0.6) is 0 Å². The van der Waals surface area contributed by atoms with Gasteiger partial charge < -0.3 is 9.47 Å². The highest BCUT2D eigenvalue weighted by Gasteiger charge is 2.50. The van der Waals surface area contributed by atoms with E-state index < -0.39 is 34.9 Å². The molecule has 0 aliphatic heterocycles. The second-order valence-corrected chi connectivity index (χ2v) is 6.71. The van der Waals surface area contributed by atoms with E-state index in [0.29, 0.717) is 16.7 Å². The summed E-state index contributed by atoms with van der Waals surface area (Å²) in [6.45, 7) is 3.73. The number of rotatable bonds is 5. The number of carbonyl (C=O) groups is 2. The van der Waals surface area contributed by atoms with Crippen LogP contribution in [0.1, 0.15) is 49.3 Å². The molecule has 1 unspecified atom stereocenters. The summed E-state index contributed by atoms with van der Waals surface area (Å²) in [4.78, 5) is 25.6. The van der Waals surface area contributed by atoms with Crippen LogP contribution in [-0.4, -0.2) is 25.2 Å². The first-order valence-corrected chi connectivity index (χ1v) is 9.33. The highest BCUT2D eigenvalue weighted by molar-refractivity contribution is 5.91. The van der Waals surface area contributed by atoms with Crippen LogP contribution in [0.2, 0.25) is 0 Å². The summed E-state index contributed by atoms with van der Waals surface area (Å²) in [5, 5.41) is 0. The number of ether oxygens (including phenoxy) is 2. The van der Waals surface area contributed by atoms with Gasteiger partial charge in [-0.05, 0) is 67.6 Å². The van der Waals surface area contributed by atoms with E-state index in [1.54, 1.807) is 19.9 Å². The molecule has 0 spiro atoms. The van der Waals surface area contributed by atoms with Crippen molar-refractivity contribution < 1.29 is 27.8 Å². The minimum atomic E-state index is -1.32. The largest absolute Gasteiger partial charge is 0.466 e. The minimum absolute atomic E-state index is 0.147. The molecule has 0 radical (unpaired) electrons. The van der Waals surface area contributed by atoms with Crippen LogP contribution < -0.4 is 0 Å². The Kier molecular flexibility index (Phi) is 5.77. The Bertz CT molecular complexity index is 896. The first kappa shape index (κ1) is 20.0. The SMILES string of the molecule is CCOC(=O)[C@@H]1CCC(C(=O)OCC)(c2cccc(F)c2)c2ccc(F)cc21. The fourth-order valence-electron chi connectivity index (χ4n) is 3.99. The summed E-state index contributed by atoms with van der Waals surface area (Å²) in [6, 6.07) is 9.72. The number of carbonyl (C=O) groups excluding carboxylic acids is 2. The summed E-state index contributed by atoms with van der Waals surface area (Å²) < 4.78 is 38.5. The van der Waals surface area contributed by atoms with Crippen molar-refractivity contribution in [1.82, 2.24) is 0 Å². The summed E-state index contributed by atoms with van der Waals surface area (Å²) in [5.41, 5.74) is -0.0742. The van der Waals surface area contributed by atoms with Crippen molar-refractivity contribution in [3.63, 3.8) is 0 Å². The maximum atomic E-state index is 14.1. The van der Waals surface area contributed by atoms with E-state index in [4.69, 9.17) is 9.47 Å². The van der Waals surface area contributed by atoms with Gasteiger partial charge in [-0.25, -0.2) is 8.78 Å². The molecule has 6 heteroatoms. The van der Waals surface area contributed by atoms with E-state index in [2.05, 4.69) is 0 Å². The number of benzene rings is 2. The van der Waals surface area contributed by atoms with Crippen molar-refractivity contribution in [2.24, 2.45) is 0 Å². The average Bonchev–Trinajstić information content (AvgIpc) is 2.67. The number of fused-ring (bicyclic) bond motifs is 1. The molecule has 2 aromatic rings. The molecule has 4 nitrogen and oxygen atoms in total. The molecule has 2 atom stereocenters.